The summed E-state index contributed by atoms with van der Waals surface area (Å²) in [5.41, 5.74) is 0.839. The summed E-state index contributed by atoms with van der Waals surface area (Å²) in [5.74, 6) is -0.323. The van der Waals surface area contributed by atoms with Crippen LogP contribution >= 0.6 is 22.9 Å². The molecule has 10 heteroatoms. The van der Waals surface area contributed by atoms with Crippen LogP contribution in [0.25, 0.3) is 10.2 Å². The maximum Gasteiger partial charge on any atom is 0.263 e. The highest BCUT2D eigenvalue weighted by molar-refractivity contribution is 7.92. The zero-order valence-electron chi connectivity index (χ0n) is 16.7. The van der Waals surface area contributed by atoms with Crippen molar-refractivity contribution in [3.8, 4) is 11.5 Å². The van der Waals surface area contributed by atoms with Crippen molar-refractivity contribution in [3.05, 3.63) is 46.2 Å². The highest BCUT2D eigenvalue weighted by atomic mass is 35.5. The minimum Gasteiger partial charge on any atom is -0.493 e. The van der Waals surface area contributed by atoms with Crippen LogP contribution < -0.4 is 14.3 Å². The first kappa shape index (κ1) is 22.3. The summed E-state index contributed by atoms with van der Waals surface area (Å²) in [4.78, 5) is 17.1. The minimum atomic E-state index is -3.82. The molecule has 0 bridgehead atoms. The van der Waals surface area contributed by atoms with Crippen LogP contribution in [0, 0.1) is 0 Å². The van der Waals surface area contributed by atoms with Crippen molar-refractivity contribution in [2.75, 3.05) is 20.0 Å². The monoisotopic (exact) mass is 468 g/mol. The molecule has 1 heterocycles. The van der Waals surface area contributed by atoms with E-state index in [1.54, 1.807) is 14.2 Å². The number of aryl methyl sites for hydroxylation is 1. The number of sulfone groups is 1. The van der Waals surface area contributed by atoms with Crippen molar-refractivity contribution in [1.29, 1.82) is 0 Å². The van der Waals surface area contributed by atoms with Crippen molar-refractivity contribution in [1.82, 2.24) is 4.57 Å². The van der Waals surface area contributed by atoms with E-state index in [-0.39, 0.29) is 4.90 Å². The molecular weight excluding hydrogens is 448 g/mol. The Kier molecular flexibility index (Phi) is 6.84. The van der Waals surface area contributed by atoms with Crippen molar-refractivity contribution in [2.24, 2.45) is 4.99 Å². The van der Waals surface area contributed by atoms with Gasteiger partial charge in [-0.3, -0.25) is 4.79 Å². The van der Waals surface area contributed by atoms with Gasteiger partial charge in [0.05, 0.1) is 29.3 Å². The van der Waals surface area contributed by atoms with E-state index in [9.17, 15) is 13.2 Å². The summed E-state index contributed by atoms with van der Waals surface area (Å²) in [5, 5.41) is 0.418. The van der Waals surface area contributed by atoms with Gasteiger partial charge in [0.2, 0.25) is 0 Å². The second kappa shape index (κ2) is 9.20. The Morgan fingerprint density at radius 3 is 2.37 bits per heavy atom. The molecule has 7 nitrogen and oxygen atoms in total. The number of fused-ring (bicyclic) bond motifs is 1. The summed E-state index contributed by atoms with van der Waals surface area (Å²) < 4.78 is 38.5. The number of hydrogen-bond donors (Lipinski definition) is 0. The highest BCUT2D eigenvalue weighted by Gasteiger charge is 2.20. The Morgan fingerprint density at radius 2 is 1.77 bits per heavy atom. The molecule has 0 atom stereocenters. The lowest BCUT2D eigenvalue weighted by Gasteiger charge is -2.08. The third-order valence-corrected chi connectivity index (χ3v) is 7.25. The van der Waals surface area contributed by atoms with Gasteiger partial charge in [0.1, 0.15) is 5.75 Å². The zero-order valence-corrected chi connectivity index (χ0v) is 19.1. The molecule has 0 fully saturated rings. The van der Waals surface area contributed by atoms with Crippen LogP contribution in [0.3, 0.4) is 0 Å². The number of benzene rings is 2. The van der Waals surface area contributed by atoms with Crippen LogP contribution in [0.1, 0.15) is 13.3 Å². The molecule has 160 valence electrons. The summed E-state index contributed by atoms with van der Waals surface area (Å²) in [6.45, 7) is 2.62. The average Bonchev–Trinajstić information content (AvgIpc) is 3.02. The molecule has 0 aliphatic rings. The number of aromatic nitrogens is 1. The molecule has 0 saturated heterocycles. The summed E-state index contributed by atoms with van der Waals surface area (Å²) >= 11 is 7.10. The fourth-order valence-corrected chi connectivity index (χ4v) is 5.27. The molecule has 3 aromatic rings. The first-order chi connectivity index (χ1) is 14.3. The second-order valence-electron chi connectivity index (χ2n) is 6.43. The topological polar surface area (TPSA) is 87.0 Å². The van der Waals surface area contributed by atoms with Gasteiger partial charge in [0, 0.05) is 23.7 Å². The second-order valence-corrected chi connectivity index (χ2v) is 9.86. The van der Waals surface area contributed by atoms with Crippen LogP contribution in [0.4, 0.5) is 0 Å². The number of methoxy groups -OCH3 is 2. The Bertz CT molecular complexity index is 1240. The maximum atomic E-state index is 12.5. The number of rotatable bonds is 7. The highest BCUT2D eigenvalue weighted by Crippen LogP contribution is 2.33. The third kappa shape index (κ3) is 4.69. The van der Waals surface area contributed by atoms with Crippen LogP contribution in [-0.4, -0.2) is 38.9 Å². The lowest BCUT2D eigenvalue weighted by Crippen LogP contribution is -2.21. The van der Waals surface area contributed by atoms with Gasteiger partial charge >= 0.3 is 0 Å². The van der Waals surface area contributed by atoms with Crippen LogP contribution in [0.15, 0.2) is 46.3 Å². The normalized spacial score (nSPS) is 12.3. The molecule has 0 aliphatic heterocycles. The molecule has 30 heavy (non-hydrogen) atoms. The van der Waals surface area contributed by atoms with Crippen LogP contribution in [-0.2, 0) is 21.2 Å². The Labute approximate surface area is 183 Å². The van der Waals surface area contributed by atoms with E-state index in [1.165, 1.54) is 35.6 Å². The molecule has 2 aromatic carbocycles. The number of hydrogen-bond acceptors (Lipinski definition) is 6. The number of carbonyl (C=O) groups is 1. The lowest BCUT2D eigenvalue weighted by atomic mass is 10.3. The van der Waals surface area contributed by atoms with Crippen molar-refractivity contribution < 1.29 is 22.7 Å². The molecule has 0 radical (unpaired) electrons. The van der Waals surface area contributed by atoms with E-state index in [4.69, 9.17) is 21.1 Å². The molecule has 1 amide bonds. The number of ether oxygens (including phenoxy) is 2. The number of nitrogens with zero attached hydrogens (tertiary/aromatic N) is 2. The summed E-state index contributed by atoms with van der Waals surface area (Å²) in [6, 6.07) is 9.34. The number of carbonyl (C=O) groups excluding carboxylic acids is 1. The quantitative estimate of drug-likeness (QED) is 0.527. The van der Waals surface area contributed by atoms with Crippen LogP contribution in [0.5, 0.6) is 11.5 Å². The molecule has 0 saturated carbocycles. The number of thiazole rings is 1. The van der Waals surface area contributed by atoms with Gasteiger partial charge < -0.3 is 14.0 Å². The predicted octanol–water partition coefficient (Wildman–Crippen LogP) is 3.68. The van der Waals surface area contributed by atoms with Gasteiger partial charge in [0.15, 0.2) is 26.1 Å². The lowest BCUT2D eigenvalue weighted by molar-refractivity contribution is -0.115. The minimum absolute atomic E-state index is 0.0303. The van der Waals surface area contributed by atoms with Gasteiger partial charge in [-0.2, -0.15) is 4.99 Å². The largest absolute Gasteiger partial charge is 0.493 e. The van der Waals surface area contributed by atoms with E-state index in [0.717, 1.165) is 16.6 Å². The zero-order chi connectivity index (χ0) is 21.9. The molecule has 0 unspecified atom stereocenters. The van der Waals surface area contributed by atoms with E-state index < -0.39 is 21.5 Å². The van der Waals surface area contributed by atoms with E-state index >= 15 is 0 Å². The van der Waals surface area contributed by atoms with Gasteiger partial charge in [0.25, 0.3) is 5.91 Å². The van der Waals surface area contributed by atoms with Gasteiger partial charge in [-0.1, -0.05) is 29.9 Å². The van der Waals surface area contributed by atoms with E-state index in [1.807, 2.05) is 23.6 Å². The molecule has 3 rings (SSSR count). The van der Waals surface area contributed by atoms with Gasteiger partial charge in [-0.05, 0) is 30.7 Å². The smallest absolute Gasteiger partial charge is 0.263 e. The fourth-order valence-electron chi connectivity index (χ4n) is 2.95. The summed E-state index contributed by atoms with van der Waals surface area (Å²) in [7, 11) is -0.718. The predicted molar refractivity (Wildman–Crippen MR) is 117 cm³/mol. The van der Waals surface area contributed by atoms with Crippen LogP contribution in [0.2, 0.25) is 5.02 Å². The Morgan fingerprint density at radius 1 is 1.13 bits per heavy atom. The first-order valence-corrected chi connectivity index (χ1v) is 11.9. The summed E-state index contributed by atoms with van der Waals surface area (Å²) in [6.07, 6.45) is 0.810. The number of halogens is 1. The SMILES string of the molecule is CCCn1c(=NC(=O)CS(=O)(=O)c2ccc(Cl)cc2)sc2cc(OC)c(OC)cc21. The fraction of sp³-hybridized carbons (Fsp3) is 0.300. The van der Waals surface area contributed by atoms with Gasteiger partial charge in [-0.15, -0.1) is 0 Å². The van der Waals surface area contributed by atoms with Crippen molar-refractivity contribution >= 4 is 48.9 Å². The van der Waals surface area contributed by atoms with Crippen molar-refractivity contribution in [2.45, 2.75) is 24.8 Å². The van der Waals surface area contributed by atoms with Crippen molar-refractivity contribution in [3.63, 3.8) is 0 Å². The van der Waals surface area contributed by atoms with Gasteiger partial charge in [-0.25, -0.2) is 8.42 Å². The molecule has 0 aliphatic carbocycles. The Hall–Kier alpha value is -2.36. The number of amides is 1. The first-order valence-electron chi connectivity index (χ1n) is 9.10. The molecule has 0 N–H and O–H groups in total. The Balaban J connectivity index is 2.02. The molecular formula is C20H21ClN2O5S2. The van der Waals surface area contributed by atoms with E-state index in [0.29, 0.717) is 27.9 Å². The maximum absolute atomic E-state index is 12.5. The molecule has 1 aromatic heterocycles. The standard InChI is InChI=1S/C20H21ClN2O5S2/c1-4-9-23-15-10-16(27-2)17(28-3)11-18(15)29-20(23)22-19(24)12-30(25,26)14-7-5-13(21)6-8-14/h5-8,10-11H,4,9,12H2,1-3H3. The average molecular weight is 469 g/mol. The van der Waals surface area contributed by atoms with E-state index in [2.05, 4.69) is 4.99 Å². The third-order valence-electron chi connectivity index (χ3n) is 4.34. The molecule has 0 spiro atoms.